The number of rotatable bonds is 4. The predicted octanol–water partition coefficient (Wildman–Crippen LogP) is 1.60. The lowest BCUT2D eigenvalue weighted by molar-refractivity contribution is -0.149. The monoisotopic (exact) mass is 188 g/mol. The zero-order valence-corrected chi connectivity index (χ0v) is 8.20. The number of aliphatic carboxylic acids is 2. The first-order valence-electron chi connectivity index (χ1n) is 4.17. The normalized spacial score (nSPS) is 13.8. The average Bonchev–Trinajstić information content (AvgIpc) is 1.81. The molecule has 0 aromatic carbocycles. The van der Waals surface area contributed by atoms with Crippen LogP contribution in [0.5, 0.6) is 0 Å². The van der Waals surface area contributed by atoms with Crippen LogP contribution in [0, 0.1) is 11.3 Å². The molecule has 1 atom stereocenters. The van der Waals surface area contributed by atoms with Gasteiger partial charge in [0.2, 0.25) is 0 Å². The molecule has 0 radical (unpaired) electrons. The van der Waals surface area contributed by atoms with Gasteiger partial charge in [-0.05, 0) is 11.8 Å². The van der Waals surface area contributed by atoms with Gasteiger partial charge in [0, 0.05) is 0 Å². The second-order valence-corrected chi connectivity index (χ2v) is 4.40. The van der Waals surface area contributed by atoms with E-state index in [0.717, 1.165) is 0 Å². The maximum absolute atomic E-state index is 10.6. The lowest BCUT2D eigenvalue weighted by atomic mass is 9.83. The highest BCUT2D eigenvalue weighted by atomic mass is 16.4. The number of carboxylic acid groups (broad SMARTS) is 2. The molecule has 0 unspecified atom stereocenters. The predicted molar refractivity (Wildman–Crippen MR) is 47.5 cm³/mol. The summed E-state index contributed by atoms with van der Waals surface area (Å²) in [5.41, 5.74) is -0.154. The molecule has 0 saturated carbocycles. The summed E-state index contributed by atoms with van der Waals surface area (Å²) in [4.78, 5) is 21.0. The van der Waals surface area contributed by atoms with Gasteiger partial charge in [0.25, 0.3) is 0 Å². The largest absolute Gasteiger partial charge is 0.481 e. The van der Waals surface area contributed by atoms with E-state index in [2.05, 4.69) is 0 Å². The lowest BCUT2D eigenvalue weighted by Gasteiger charge is -2.21. The molecule has 4 nitrogen and oxygen atoms in total. The van der Waals surface area contributed by atoms with Crippen molar-refractivity contribution >= 4 is 11.9 Å². The van der Waals surface area contributed by atoms with Crippen LogP contribution in [0.1, 0.15) is 33.6 Å². The van der Waals surface area contributed by atoms with Gasteiger partial charge in [0.05, 0.1) is 12.3 Å². The van der Waals surface area contributed by atoms with E-state index in [9.17, 15) is 9.59 Å². The van der Waals surface area contributed by atoms with Crippen molar-refractivity contribution in [2.24, 2.45) is 11.3 Å². The molecule has 0 heterocycles. The molecule has 0 aliphatic heterocycles. The molecular formula is C9H16O4. The van der Waals surface area contributed by atoms with Crippen LogP contribution in [0.4, 0.5) is 0 Å². The van der Waals surface area contributed by atoms with E-state index < -0.39 is 17.9 Å². The molecule has 0 spiro atoms. The fourth-order valence-corrected chi connectivity index (χ4v) is 1.20. The second-order valence-electron chi connectivity index (χ2n) is 4.40. The maximum Gasteiger partial charge on any atom is 0.307 e. The van der Waals surface area contributed by atoms with Gasteiger partial charge in [-0.3, -0.25) is 9.59 Å². The molecule has 0 aliphatic carbocycles. The molecule has 0 amide bonds. The first kappa shape index (κ1) is 11.9. The Kier molecular flexibility index (Phi) is 3.91. The van der Waals surface area contributed by atoms with E-state index in [1.54, 1.807) is 0 Å². The van der Waals surface area contributed by atoms with Gasteiger partial charge in [-0.2, -0.15) is 0 Å². The van der Waals surface area contributed by atoms with Crippen LogP contribution in [-0.2, 0) is 9.59 Å². The van der Waals surface area contributed by atoms with Crippen molar-refractivity contribution in [2.45, 2.75) is 33.6 Å². The molecule has 0 aliphatic rings. The molecule has 2 N–H and O–H groups in total. The van der Waals surface area contributed by atoms with E-state index in [1.807, 2.05) is 20.8 Å². The van der Waals surface area contributed by atoms with Crippen molar-refractivity contribution in [3.63, 3.8) is 0 Å². The minimum Gasteiger partial charge on any atom is -0.481 e. The van der Waals surface area contributed by atoms with Gasteiger partial charge in [-0.1, -0.05) is 20.8 Å². The highest BCUT2D eigenvalue weighted by molar-refractivity contribution is 5.77. The van der Waals surface area contributed by atoms with Crippen LogP contribution < -0.4 is 0 Å². The summed E-state index contributed by atoms with van der Waals surface area (Å²) < 4.78 is 0. The third-order valence-electron chi connectivity index (χ3n) is 1.63. The molecule has 0 aromatic rings. The van der Waals surface area contributed by atoms with Gasteiger partial charge >= 0.3 is 11.9 Å². The number of hydrogen-bond donors (Lipinski definition) is 2. The van der Waals surface area contributed by atoms with Crippen LogP contribution in [0.3, 0.4) is 0 Å². The van der Waals surface area contributed by atoms with Gasteiger partial charge in [0.15, 0.2) is 0 Å². The Morgan fingerprint density at radius 3 is 1.92 bits per heavy atom. The summed E-state index contributed by atoms with van der Waals surface area (Å²) in [5, 5.41) is 17.2. The van der Waals surface area contributed by atoms with Crippen molar-refractivity contribution in [1.29, 1.82) is 0 Å². The first-order valence-corrected chi connectivity index (χ1v) is 4.17. The standard InChI is InChI=1S/C9H16O4/c1-9(2,3)5-6(8(12)13)4-7(10)11/h6H,4-5H2,1-3H3,(H,10,11)(H,12,13)/t6-/m1/s1. The minimum atomic E-state index is -1.06. The van der Waals surface area contributed by atoms with Crippen LogP contribution in [0.25, 0.3) is 0 Å². The Morgan fingerprint density at radius 2 is 1.69 bits per heavy atom. The topological polar surface area (TPSA) is 74.6 Å². The zero-order valence-electron chi connectivity index (χ0n) is 8.20. The van der Waals surface area contributed by atoms with Crippen molar-refractivity contribution < 1.29 is 19.8 Å². The molecule has 0 rings (SSSR count). The van der Waals surface area contributed by atoms with E-state index in [-0.39, 0.29) is 11.8 Å². The molecular weight excluding hydrogens is 172 g/mol. The Labute approximate surface area is 77.6 Å². The van der Waals surface area contributed by atoms with Crippen LogP contribution in [-0.4, -0.2) is 22.2 Å². The SMILES string of the molecule is CC(C)(C)C[C@@H](CC(=O)O)C(=O)O. The highest BCUT2D eigenvalue weighted by Gasteiger charge is 2.26. The van der Waals surface area contributed by atoms with Gasteiger partial charge < -0.3 is 10.2 Å². The summed E-state index contributed by atoms with van der Waals surface area (Å²) in [5.74, 6) is -2.87. The molecule has 0 bridgehead atoms. The summed E-state index contributed by atoms with van der Waals surface area (Å²) >= 11 is 0. The fraction of sp³-hybridized carbons (Fsp3) is 0.778. The van der Waals surface area contributed by atoms with Crippen molar-refractivity contribution in [2.75, 3.05) is 0 Å². The molecule has 0 fully saturated rings. The number of hydrogen-bond acceptors (Lipinski definition) is 2. The van der Waals surface area contributed by atoms with Crippen molar-refractivity contribution in [3.05, 3.63) is 0 Å². The Morgan fingerprint density at radius 1 is 1.23 bits per heavy atom. The second kappa shape index (κ2) is 4.25. The van der Waals surface area contributed by atoms with E-state index in [0.29, 0.717) is 6.42 Å². The number of carboxylic acids is 2. The summed E-state index contributed by atoms with van der Waals surface area (Å²) in [6.45, 7) is 5.68. The zero-order chi connectivity index (χ0) is 10.6. The van der Waals surface area contributed by atoms with Crippen molar-refractivity contribution in [3.8, 4) is 0 Å². The molecule has 76 valence electrons. The quantitative estimate of drug-likeness (QED) is 0.702. The maximum atomic E-state index is 10.6. The third-order valence-corrected chi connectivity index (χ3v) is 1.63. The van der Waals surface area contributed by atoms with Crippen LogP contribution >= 0.6 is 0 Å². The molecule has 4 heteroatoms. The van der Waals surface area contributed by atoms with E-state index in [1.165, 1.54) is 0 Å². The smallest absolute Gasteiger partial charge is 0.307 e. The Balaban J connectivity index is 4.27. The van der Waals surface area contributed by atoms with Crippen LogP contribution in [0.2, 0.25) is 0 Å². The summed E-state index contributed by atoms with van der Waals surface area (Å²) in [6.07, 6.45) is 0.0846. The van der Waals surface area contributed by atoms with E-state index >= 15 is 0 Å². The van der Waals surface area contributed by atoms with Gasteiger partial charge in [-0.25, -0.2) is 0 Å². The average molecular weight is 188 g/mol. The first-order chi connectivity index (χ1) is 5.72. The molecule has 13 heavy (non-hydrogen) atoms. The van der Waals surface area contributed by atoms with Crippen molar-refractivity contribution in [1.82, 2.24) is 0 Å². The van der Waals surface area contributed by atoms with Gasteiger partial charge in [0.1, 0.15) is 0 Å². The third kappa shape index (κ3) is 6.13. The Bertz CT molecular complexity index is 202. The molecule has 0 aromatic heterocycles. The summed E-state index contributed by atoms with van der Waals surface area (Å²) in [7, 11) is 0. The minimum absolute atomic E-state index is 0.154. The van der Waals surface area contributed by atoms with E-state index in [4.69, 9.17) is 10.2 Å². The highest BCUT2D eigenvalue weighted by Crippen LogP contribution is 2.26. The lowest BCUT2D eigenvalue weighted by Crippen LogP contribution is -2.23. The number of carbonyl (C=O) groups is 2. The Hall–Kier alpha value is -1.06. The van der Waals surface area contributed by atoms with Crippen LogP contribution in [0.15, 0.2) is 0 Å². The molecule has 0 saturated heterocycles. The fourth-order valence-electron chi connectivity index (χ4n) is 1.20. The summed E-state index contributed by atoms with van der Waals surface area (Å²) in [6, 6.07) is 0. The van der Waals surface area contributed by atoms with Gasteiger partial charge in [-0.15, -0.1) is 0 Å².